The summed E-state index contributed by atoms with van der Waals surface area (Å²) in [6.07, 6.45) is -0.562. The van der Waals surface area contributed by atoms with Crippen molar-refractivity contribution in [3.8, 4) is 11.8 Å². The van der Waals surface area contributed by atoms with E-state index < -0.39 is 6.10 Å². The minimum absolute atomic E-state index is 0.159. The first kappa shape index (κ1) is 15.2. The number of carbonyl (C=O) groups excluding carboxylic acids is 1. The molecule has 0 heterocycles. The molecule has 4 nitrogen and oxygen atoms in total. The third-order valence-electron chi connectivity index (χ3n) is 2.67. The monoisotopic (exact) mass is 261 g/mol. The molecule has 0 radical (unpaired) electrons. The van der Waals surface area contributed by atoms with Crippen molar-refractivity contribution in [2.24, 2.45) is 0 Å². The standard InChI is InChI=1S/C15H19NO3/c1-11-6-7-14(9-13(11)5-4-8-17)15(19)16(3)10-12(2)18/h6-7,9,12,17-18H,8,10H2,1-3H3. The zero-order valence-electron chi connectivity index (χ0n) is 11.5. The summed E-state index contributed by atoms with van der Waals surface area (Å²) in [4.78, 5) is 13.6. The zero-order valence-corrected chi connectivity index (χ0v) is 11.5. The predicted octanol–water partition coefficient (Wildman–Crippen LogP) is 0.792. The van der Waals surface area contributed by atoms with Crippen LogP contribution in [0.2, 0.25) is 0 Å². The van der Waals surface area contributed by atoms with Crippen LogP contribution in [-0.4, -0.2) is 47.3 Å². The lowest BCUT2D eigenvalue weighted by atomic mass is 10.0. The van der Waals surface area contributed by atoms with Gasteiger partial charge in [0.25, 0.3) is 5.91 Å². The molecular formula is C15H19NO3. The molecule has 1 unspecified atom stereocenters. The third kappa shape index (κ3) is 4.40. The number of nitrogens with zero attached hydrogens (tertiary/aromatic N) is 1. The van der Waals surface area contributed by atoms with Gasteiger partial charge in [-0.05, 0) is 31.5 Å². The van der Waals surface area contributed by atoms with Crippen molar-refractivity contribution in [2.45, 2.75) is 20.0 Å². The molecule has 0 saturated carbocycles. The molecule has 0 aromatic heterocycles. The van der Waals surface area contributed by atoms with Crippen molar-refractivity contribution >= 4 is 5.91 Å². The molecule has 0 saturated heterocycles. The SMILES string of the molecule is Cc1ccc(C(=O)N(C)CC(C)O)cc1C#CCO. The Labute approximate surface area is 113 Å². The fourth-order valence-corrected chi connectivity index (χ4v) is 1.72. The van der Waals surface area contributed by atoms with E-state index in [1.54, 1.807) is 26.1 Å². The Bertz CT molecular complexity index is 512. The van der Waals surface area contributed by atoms with Crippen LogP contribution in [-0.2, 0) is 0 Å². The van der Waals surface area contributed by atoms with Crippen LogP contribution in [0.15, 0.2) is 18.2 Å². The molecular weight excluding hydrogens is 242 g/mol. The molecule has 4 heteroatoms. The van der Waals surface area contributed by atoms with Crippen LogP contribution >= 0.6 is 0 Å². The molecule has 1 amide bonds. The van der Waals surface area contributed by atoms with Crippen molar-refractivity contribution in [1.82, 2.24) is 4.90 Å². The number of aliphatic hydroxyl groups is 2. The summed E-state index contributed by atoms with van der Waals surface area (Å²) < 4.78 is 0. The van der Waals surface area contributed by atoms with Gasteiger partial charge < -0.3 is 15.1 Å². The molecule has 1 atom stereocenters. The number of amides is 1. The quantitative estimate of drug-likeness (QED) is 0.791. The smallest absolute Gasteiger partial charge is 0.253 e. The van der Waals surface area contributed by atoms with Crippen LogP contribution in [0.3, 0.4) is 0 Å². The molecule has 1 aromatic rings. The highest BCUT2D eigenvalue weighted by Crippen LogP contribution is 2.12. The summed E-state index contributed by atoms with van der Waals surface area (Å²) in [5, 5.41) is 18.0. The lowest BCUT2D eigenvalue weighted by Crippen LogP contribution is -2.33. The molecule has 19 heavy (non-hydrogen) atoms. The highest BCUT2D eigenvalue weighted by Gasteiger charge is 2.14. The third-order valence-corrected chi connectivity index (χ3v) is 2.67. The maximum atomic E-state index is 12.1. The van der Waals surface area contributed by atoms with E-state index in [2.05, 4.69) is 11.8 Å². The molecule has 1 aromatic carbocycles. The van der Waals surface area contributed by atoms with Gasteiger partial charge in [0.05, 0.1) is 6.10 Å². The van der Waals surface area contributed by atoms with Gasteiger partial charge in [0, 0.05) is 24.7 Å². The summed E-state index contributed by atoms with van der Waals surface area (Å²) in [5.74, 6) is 5.23. The Balaban J connectivity index is 2.98. The highest BCUT2D eigenvalue weighted by molar-refractivity contribution is 5.94. The molecule has 0 aliphatic carbocycles. The fourth-order valence-electron chi connectivity index (χ4n) is 1.72. The molecule has 2 N–H and O–H groups in total. The number of likely N-dealkylation sites (N-methyl/N-ethyl adjacent to an activating group) is 1. The lowest BCUT2D eigenvalue weighted by Gasteiger charge is -2.19. The number of rotatable bonds is 3. The van der Waals surface area contributed by atoms with Gasteiger partial charge in [-0.2, -0.15) is 0 Å². The van der Waals surface area contributed by atoms with Crippen molar-refractivity contribution in [1.29, 1.82) is 0 Å². The Morgan fingerprint density at radius 3 is 2.74 bits per heavy atom. The number of aliphatic hydroxyl groups excluding tert-OH is 2. The first-order chi connectivity index (χ1) is 8.95. The summed E-state index contributed by atoms with van der Waals surface area (Å²) in [6, 6.07) is 5.27. The molecule has 0 fully saturated rings. The van der Waals surface area contributed by atoms with Gasteiger partial charge in [-0.15, -0.1) is 0 Å². The zero-order chi connectivity index (χ0) is 14.4. The summed E-state index contributed by atoms with van der Waals surface area (Å²) >= 11 is 0. The number of hydrogen-bond donors (Lipinski definition) is 2. The Hall–Kier alpha value is -1.83. The number of hydrogen-bond acceptors (Lipinski definition) is 3. The maximum absolute atomic E-state index is 12.1. The summed E-state index contributed by atoms with van der Waals surface area (Å²) in [5.41, 5.74) is 2.21. The summed E-state index contributed by atoms with van der Waals surface area (Å²) in [6.45, 7) is 3.61. The van der Waals surface area contributed by atoms with Gasteiger partial charge in [-0.25, -0.2) is 0 Å². The summed E-state index contributed by atoms with van der Waals surface area (Å²) in [7, 11) is 1.65. The second-order valence-electron chi connectivity index (χ2n) is 4.52. The Morgan fingerprint density at radius 1 is 1.47 bits per heavy atom. The number of benzene rings is 1. The number of carbonyl (C=O) groups is 1. The van der Waals surface area contributed by atoms with Gasteiger partial charge in [-0.1, -0.05) is 17.9 Å². The van der Waals surface area contributed by atoms with E-state index in [-0.39, 0.29) is 19.1 Å². The van der Waals surface area contributed by atoms with Crippen molar-refractivity contribution in [3.05, 3.63) is 34.9 Å². The Kier molecular flexibility index (Phi) is 5.56. The van der Waals surface area contributed by atoms with Crippen LogP contribution in [0, 0.1) is 18.8 Å². The van der Waals surface area contributed by atoms with Gasteiger partial charge in [0.1, 0.15) is 6.61 Å². The van der Waals surface area contributed by atoms with E-state index in [0.29, 0.717) is 5.56 Å². The molecule has 0 bridgehead atoms. The molecule has 0 spiro atoms. The second-order valence-corrected chi connectivity index (χ2v) is 4.52. The second kappa shape index (κ2) is 6.93. The van der Waals surface area contributed by atoms with Gasteiger partial charge >= 0.3 is 0 Å². The molecule has 102 valence electrons. The van der Waals surface area contributed by atoms with Crippen molar-refractivity contribution < 1.29 is 15.0 Å². The topological polar surface area (TPSA) is 60.8 Å². The minimum Gasteiger partial charge on any atom is -0.392 e. The highest BCUT2D eigenvalue weighted by atomic mass is 16.3. The largest absolute Gasteiger partial charge is 0.392 e. The minimum atomic E-state index is -0.562. The first-order valence-corrected chi connectivity index (χ1v) is 6.09. The van der Waals surface area contributed by atoms with E-state index in [1.807, 2.05) is 13.0 Å². The average Bonchev–Trinajstić information content (AvgIpc) is 2.36. The van der Waals surface area contributed by atoms with Crippen molar-refractivity contribution in [2.75, 3.05) is 20.2 Å². The Morgan fingerprint density at radius 2 is 2.16 bits per heavy atom. The van der Waals surface area contributed by atoms with Crippen LogP contribution in [0.25, 0.3) is 0 Å². The van der Waals surface area contributed by atoms with E-state index in [0.717, 1.165) is 11.1 Å². The van der Waals surface area contributed by atoms with Crippen LogP contribution in [0.4, 0.5) is 0 Å². The maximum Gasteiger partial charge on any atom is 0.253 e. The molecule has 0 aliphatic rings. The first-order valence-electron chi connectivity index (χ1n) is 6.09. The lowest BCUT2D eigenvalue weighted by molar-refractivity contribution is 0.0703. The molecule has 1 rings (SSSR count). The molecule has 0 aliphatic heterocycles. The van der Waals surface area contributed by atoms with Crippen LogP contribution < -0.4 is 0 Å². The number of aryl methyl sites for hydroxylation is 1. The van der Waals surface area contributed by atoms with E-state index in [4.69, 9.17) is 5.11 Å². The van der Waals surface area contributed by atoms with Gasteiger partial charge in [0.2, 0.25) is 0 Å². The normalized spacial score (nSPS) is 11.4. The van der Waals surface area contributed by atoms with E-state index >= 15 is 0 Å². The van der Waals surface area contributed by atoms with E-state index in [9.17, 15) is 9.90 Å². The van der Waals surface area contributed by atoms with E-state index in [1.165, 1.54) is 4.90 Å². The van der Waals surface area contributed by atoms with Crippen molar-refractivity contribution in [3.63, 3.8) is 0 Å². The van der Waals surface area contributed by atoms with Gasteiger partial charge in [0.15, 0.2) is 0 Å². The van der Waals surface area contributed by atoms with Gasteiger partial charge in [-0.3, -0.25) is 4.79 Å². The predicted molar refractivity (Wildman–Crippen MR) is 73.8 cm³/mol. The van der Waals surface area contributed by atoms with Crippen LogP contribution in [0.1, 0.15) is 28.4 Å². The fraction of sp³-hybridized carbons (Fsp3) is 0.400. The van der Waals surface area contributed by atoms with Crippen LogP contribution in [0.5, 0.6) is 0 Å². The average molecular weight is 261 g/mol.